The zero-order chi connectivity index (χ0) is 61.1. The van der Waals surface area contributed by atoms with Crippen molar-refractivity contribution in [2.45, 2.75) is 134 Å². The molecular formula is C61H73ClFN6O15P. The lowest BCUT2D eigenvalue weighted by molar-refractivity contribution is -0.150. The Kier molecular flexibility index (Phi) is 30.5. The molecule has 5 rings (SSSR count). The number of esters is 4. The largest absolute Gasteiger partial charge is 0.461 e. The maximum Gasteiger partial charge on any atom is 0.403 e. The minimum Gasteiger partial charge on any atom is -0.461 e. The van der Waals surface area contributed by atoms with Gasteiger partial charge in [-0.15, -0.1) is 0 Å². The smallest absolute Gasteiger partial charge is 0.403 e. The van der Waals surface area contributed by atoms with E-state index < -0.39 is 80.0 Å². The van der Waals surface area contributed by atoms with Crippen molar-refractivity contribution in [2.75, 3.05) is 19.7 Å². The summed E-state index contributed by atoms with van der Waals surface area (Å²) in [6, 6.07) is 32.4. The molecule has 0 radical (unpaired) electrons. The van der Waals surface area contributed by atoms with Gasteiger partial charge >= 0.3 is 31.6 Å². The van der Waals surface area contributed by atoms with E-state index in [2.05, 4.69) is 31.3 Å². The number of nitrogens with one attached hydrogen (secondary N) is 5. The average Bonchev–Trinajstić information content (AvgIpc) is 3.57. The molecule has 456 valence electrons. The summed E-state index contributed by atoms with van der Waals surface area (Å²) >= 11 is 5.70. The summed E-state index contributed by atoms with van der Waals surface area (Å²) in [6.45, 7) is -0.145. The van der Waals surface area contributed by atoms with Crippen LogP contribution in [0.1, 0.15) is 123 Å². The molecule has 4 atom stereocenters. The maximum absolute atomic E-state index is 13.6. The minimum absolute atomic E-state index is 0.0210. The van der Waals surface area contributed by atoms with Crippen molar-refractivity contribution >= 4 is 66.9 Å². The van der Waals surface area contributed by atoms with E-state index in [4.69, 9.17) is 35.1 Å². The first-order chi connectivity index (χ1) is 41.0. The van der Waals surface area contributed by atoms with Gasteiger partial charge in [0.1, 0.15) is 44.6 Å². The third-order valence-electron chi connectivity index (χ3n) is 12.8. The number of nitrogens with zero attached hydrogens (tertiary/aromatic N) is 1. The summed E-state index contributed by atoms with van der Waals surface area (Å²) in [7, 11) is -4.80. The molecule has 0 saturated carbocycles. The highest BCUT2D eigenvalue weighted by atomic mass is 35.5. The van der Waals surface area contributed by atoms with Crippen molar-refractivity contribution in [3.05, 3.63) is 172 Å². The normalized spacial score (nSPS) is 12.7. The number of carbonyl (C=O) groups excluding carboxylic acids is 8. The fourth-order valence-electron chi connectivity index (χ4n) is 8.15. The molecule has 5 aromatic rings. The molecule has 0 bridgehead atoms. The number of amides is 4. The first kappa shape index (κ1) is 67.9. The van der Waals surface area contributed by atoms with Gasteiger partial charge in [-0.25, -0.2) is 24.2 Å². The summed E-state index contributed by atoms with van der Waals surface area (Å²) in [6.07, 6.45) is 3.44. The molecule has 4 aromatic carbocycles. The molecule has 0 aliphatic rings. The minimum atomic E-state index is -4.80. The van der Waals surface area contributed by atoms with Crippen LogP contribution in [0, 0.1) is 5.95 Å². The SMILES string of the molecule is O=C(CCCCCNC(=O)c1cnc(F)c(Cl)c1)NCCCCCC(=O)N[C@@H](CCC(=O)N[C@@H](CCCOP(=O)(O)N[C@@H](CCC(=O)OCc1ccccc1)C(=O)OCc1ccccc1)C(=O)OCc1ccccc1)C(=O)OCc1ccccc1. The predicted molar refractivity (Wildman–Crippen MR) is 311 cm³/mol. The van der Waals surface area contributed by atoms with E-state index in [-0.39, 0.29) is 94.3 Å². The van der Waals surface area contributed by atoms with Crippen LogP contribution in [0.4, 0.5) is 4.39 Å². The van der Waals surface area contributed by atoms with E-state index in [9.17, 15) is 52.2 Å². The lowest BCUT2D eigenvalue weighted by atomic mass is 10.1. The van der Waals surface area contributed by atoms with Gasteiger partial charge in [-0.2, -0.15) is 4.39 Å². The number of pyridine rings is 1. The Morgan fingerprint density at radius 1 is 0.518 bits per heavy atom. The Bertz CT molecular complexity index is 2960. The van der Waals surface area contributed by atoms with Crippen LogP contribution in [0.3, 0.4) is 0 Å². The second-order valence-corrected chi connectivity index (χ2v) is 21.6. The standard InChI is InChI=1S/C61H73ClFN6O15P/c62-49-38-48(39-66-57(49)63)58(74)65-36-18-5-15-29-53(70)64-35-17-6-16-30-54(71)68-51(60(76)82-42-46-24-11-3-12-25-46)31-33-55(72)67-50(59(75)81-41-45-22-9-2-10-23-45)28-19-37-84-85(78,79)69-52(61(77)83-43-47-26-13-4-14-27-47)32-34-56(73)80-40-44-20-7-1-8-21-44/h1-4,7-14,20-27,38-39,50-52H,5-6,15-19,28-37,40-43H2,(H,64,70)(H,65,74)(H,67,72)(H,68,71)(H2,69,78,79)/t50-,51-,52-/m0/s1. The first-order valence-corrected chi connectivity index (χ1v) is 30.0. The topological polar surface area (TPSA) is 293 Å². The third kappa shape index (κ3) is 28.0. The predicted octanol–water partition coefficient (Wildman–Crippen LogP) is 8.20. The Balaban J connectivity index is 1.09. The van der Waals surface area contributed by atoms with Crippen molar-refractivity contribution in [2.24, 2.45) is 0 Å². The van der Waals surface area contributed by atoms with Crippen LogP contribution in [-0.4, -0.2) is 95.2 Å². The number of carbonyl (C=O) groups is 8. The van der Waals surface area contributed by atoms with Crippen molar-refractivity contribution < 1.29 is 75.7 Å². The van der Waals surface area contributed by atoms with Crippen LogP contribution >= 0.6 is 19.3 Å². The number of halogens is 2. The number of rotatable bonds is 39. The van der Waals surface area contributed by atoms with Crippen LogP contribution in [0.15, 0.2) is 134 Å². The van der Waals surface area contributed by atoms with Crippen LogP contribution in [0.2, 0.25) is 5.02 Å². The first-order valence-electron chi connectivity index (χ1n) is 28.0. The molecule has 21 nitrogen and oxygen atoms in total. The van der Waals surface area contributed by atoms with Crippen LogP contribution < -0.4 is 26.4 Å². The number of benzene rings is 4. The highest BCUT2D eigenvalue weighted by molar-refractivity contribution is 7.50. The fraction of sp³-hybridized carbons (Fsp3) is 0.393. The molecule has 1 unspecified atom stereocenters. The fourth-order valence-corrected chi connectivity index (χ4v) is 9.40. The van der Waals surface area contributed by atoms with Crippen molar-refractivity contribution in [1.29, 1.82) is 0 Å². The summed E-state index contributed by atoms with van der Waals surface area (Å²) in [4.78, 5) is 119. The highest BCUT2D eigenvalue weighted by Crippen LogP contribution is 2.38. The summed E-state index contributed by atoms with van der Waals surface area (Å²) in [5, 5.41) is 12.9. The average molecular weight is 1220 g/mol. The van der Waals surface area contributed by atoms with Gasteiger partial charge in [0, 0.05) is 45.0 Å². The molecule has 4 amide bonds. The molecule has 85 heavy (non-hydrogen) atoms. The molecule has 0 saturated heterocycles. The second-order valence-electron chi connectivity index (χ2n) is 19.6. The van der Waals surface area contributed by atoms with E-state index in [1.165, 1.54) is 6.07 Å². The lowest BCUT2D eigenvalue weighted by Gasteiger charge is -2.22. The Morgan fingerprint density at radius 2 is 0.953 bits per heavy atom. The quantitative estimate of drug-likeness (QED) is 0.00710. The zero-order valence-corrected chi connectivity index (χ0v) is 48.7. The van der Waals surface area contributed by atoms with Gasteiger partial charge < -0.3 is 45.1 Å². The van der Waals surface area contributed by atoms with Crippen molar-refractivity contribution in [3.8, 4) is 0 Å². The summed E-state index contributed by atoms with van der Waals surface area (Å²) in [5.74, 6) is -5.82. The molecule has 0 aliphatic carbocycles. The number of hydrogen-bond donors (Lipinski definition) is 6. The van der Waals surface area contributed by atoms with E-state index >= 15 is 0 Å². The molecule has 1 heterocycles. The number of hydrogen-bond acceptors (Lipinski definition) is 15. The van der Waals surface area contributed by atoms with E-state index in [1.54, 1.807) is 115 Å². The van der Waals surface area contributed by atoms with Gasteiger partial charge in [0.25, 0.3) is 5.91 Å². The molecule has 0 aliphatic heterocycles. The number of ether oxygens (including phenoxy) is 4. The van der Waals surface area contributed by atoms with E-state index in [1.807, 2.05) is 6.07 Å². The van der Waals surface area contributed by atoms with E-state index in [0.717, 1.165) is 11.8 Å². The van der Waals surface area contributed by atoms with Gasteiger partial charge in [-0.05, 0) is 79.7 Å². The van der Waals surface area contributed by atoms with Crippen LogP contribution in [0.5, 0.6) is 0 Å². The van der Waals surface area contributed by atoms with Gasteiger partial charge in [0.15, 0.2) is 0 Å². The van der Waals surface area contributed by atoms with Crippen LogP contribution in [0.25, 0.3) is 0 Å². The second kappa shape index (κ2) is 38.1. The third-order valence-corrected chi connectivity index (χ3v) is 14.2. The van der Waals surface area contributed by atoms with Gasteiger partial charge in [0.05, 0.1) is 17.2 Å². The Morgan fingerprint density at radius 3 is 1.46 bits per heavy atom. The molecule has 24 heteroatoms. The van der Waals surface area contributed by atoms with Crippen LogP contribution in [-0.2, 0) is 88.0 Å². The van der Waals surface area contributed by atoms with Gasteiger partial charge in [-0.1, -0.05) is 146 Å². The molecule has 0 spiro atoms. The maximum atomic E-state index is 13.6. The van der Waals surface area contributed by atoms with Crippen molar-refractivity contribution in [1.82, 2.24) is 31.3 Å². The van der Waals surface area contributed by atoms with Gasteiger partial charge in [-0.3, -0.25) is 33.3 Å². The Labute approximate surface area is 498 Å². The molecule has 6 N–H and O–H groups in total. The highest BCUT2D eigenvalue weighted by Gasteiger charge is 2.32. The lowest BCUT2D eigenvalue weighted by Crippen LogP contribution is -2.45. The summed E-state index contributed by atoms with van der Waals surface area (Å²) < 4.78 is 53.9. The van der Waals surface area contributed by atoms with Gasteiger partial charge in [0.2, 0.25) is 23.7 Å². The summed E-state index contributed by atoms with van der Waals surface area (Å²) in [5.41, 5.74) is 2.88. The molecule has 0 fully saturated rings. The molecular weight excluding hydrogens is 1140 g/mol. The van der Waals surface area contributed by atoms with Crippen molar-refractivity contribution in [3.63, 3.8) is 0 Å². The number of unbranched alkanes of at least 4 members (excludes halogenated alkanes) is 4. The number of aromatic nitrogens is 1. The van der Waals surface area contributed by atoms with E-state index in [0.29, 0.717) is 68.3 Å². The molecule has 1 aromatic heterocycles. The zero-order valence-electron chi connectivity index (χ0n) is 47.1. The Hall–Kier alpha value is -7.88. The monoisotopic (exact) mass is 1210 g/mol.